The highest BCUT2D eigenvalue weighted by Gasteiger charge is 2.35. The topological polar surface area (TPSA) is 284 Å². The number of aliphatic imine (C=N–C) groups is 1. The number of guanidine groups is 1. The largest absolute Gasteiger partial charge is 0.481 e. The second-order valence-electron chi connectivity index (χ2n) is 9.62. The summed E-state index contributed by atoms with van der Waals surface area (Å²) in [6.45, 7) is 4.57. The number of carbonyl (C=O) groups is 7. The van der Waals surface area contributed by atoms with E-state index < -0.39 is 90.4 Å². The number of nitrogens with one attached hydrogen (secondary N) is 5. The number of aliphatic carboxylic acids is 2. The highest BCUT2D eigenvalue weighted by atomic mass is 16.4. The van der Waals surface area contributed by atoms with Crippen LogP contribution in [-0.4, -0.2) is 94.4 Å². The van der Waals surface area contributed by atoms with Crippen LogP contribution in [0.3, 0.4) is 0 Å². The molecule has 0 bridgehead atoms. The predicted molar refractivity (Wildman–Crippen MR) is 139 cm³/mol. The van der Waals surface area contributed by atoms with Crippen molar-refractivity contribution >= 4 is 47.4 Å². The molecule has 0 aromatic heterocycles. The molecule has 1 rings (SSSR count). The number of carboxylic acid groups (broad SMARTS) is 2. The van der Waals surface area contributed by atoms with Crippen LogP contribution in [0.25, 0.3) is 0 Å². The molecule has 0 saturated carbocycles. The maximum absolute atomic E-state index is 13.3. The SMILES string of the molecule is CC(C)[C@@H]1NC(=O)[C@H](CCCN=C(N)N)NC(=O)[C@H](CCC(=O)O)NC(=O)[C@H](C)NC(=O)[C@H](CC(=O)O)NC1=O. The summed E-state index contributed by atoms with van der Waals surface area (Å²) in [4.78, 5) is 91.4. The molecular formula is C23H38N8O9. The van der Waals surface area contributed by atoms with Crippen LogP contribution in [0.5, 0.6) is 0 Å². The zero-order valence-corrected chi connectivity index (χ0v) is 22.6. The molecule has 0 aliphatic carbocycles. The fraction of sp³-hybridized carbons (Fsp3) is 0.652. The van der Waals surface area contributed by atoms with E-state index in [1.807, 2.05) is 0 Å². The van der Waals surface area contributed by atoms with Crippen molar-refractivity contribution in [2.75, 3.05) is 6.54 Å². The van der Waals surface area contributed by atoms with Crippen molar-refractivity contribution in [2.45, 2.75) is 83.1 Å². The normalized spacial score (nSPS) is 24.8. The van der Waals surface area contributed by atoms with Gasteiger partial charge in [-0.2, -0.15) is 0 Å². The molecule has 0 radical (unpaired) electrons. The van der Waals surface area contributed by atoms with Crippen LogP contribution in [0, 0.1) is 5.92 Å². The summed E-state index contributed by atoms with van der Waals surface area (Å²) < 4.78 is 0. The summed E-state index contributed by atoms with van der Waals surface area (Å²) in [5.41, 5.74) is 10.6. The number of carbonyl (C=O) groups excluding carboxylic acids is 5. The Morgan fingerprint density at radius 3 is 1.85 bits per heavy atom. The predicted octanol–water partition coefficient (Wildman–Crippen LogP) is -3.51. The van der Waals surface area contributed by atoms with E-state index in [9.17, 15) is 38.7 Å². The molecule has 11 N–H and O–H groups in total. The van der Waals surface area contributed by atoms with Gasteiger partial charge in [-0.3, -0.25) is 38.6 Å². The van der Waals surface area contributed by atoms with E-state index in [2.05, 4.69) is 31.6 Å². The van der Waals surface area contributed by atoms with Crippen molar-refractivity contribution in [3.63, 3.8) is 0 Å². The fourth-order valence-corrected chi connectivity index (χ4v) is 3.69. The Labute approximate surface area is 230 Å². The molecule has 1 saturated heterocycles. The molecule has 17 heteroatoms. The van der Waals surface area contributed by atoms with Gasteiger partial charge in [-0.05, 0) is 32.1 Å². The Kier molecular flexibility index (Phi) is 13.3. The van der Waals surface area contributed by atoms with Gasteiger partial charge in [0.15, 0.2) is 5.96 Å². The van der Waals surface area contributed by atoms with Crippen LogP contribution in [0.15, 0.2) is 4.99 Å². The Balaban J connectivity index is 3.47. The molecule has 5 atom stereocenters. The molecule has 1 aliphatic rings. The van der Waals surface area contributed by atoms with E-state index >= 15 is 0 Å². The van der Waals surface area contributed by atoms with Crippen molar-refractivity contribution < 1.29 is 43.8 Å². The van der Waals surface area contributed by atoms with Crippen molar-refractivity contribution in [3.8, 4) is 0 Å². The number of hydrogen-bond donors (Lipinski definition) is 9. The van der Waals surface area contributed by atoms with E-state index in [-0.39, 0.29) is 31.8 Å². The van der Waals surface area contributed by atoms with E-state index in [4.69, 9.17) is 16.6 Å². The first-order chi connectivity index (χ1) is 18.6. The molecule has 1 aliphatic heterocycles. The van der Waals surface area contributed by atoms with Gasteiger partial charge in [-0.1, -0.05) is 13.8 Å². The first kappa shape index (κ1) is 33.6. The van der Waals surface area contributed by atoms with Gasteiger partial charge in [0.2, 0.25) is 29.5 Å². The third kappa shape index (κ3) is 11.5. The van der Waals surface area contributed by atoms with Gasteiger partial charge in [0.05, 0.1) is 6.42 Å². The number of carboxylic acids is 2. The van der Waals surface area contributed by atoms with Gasteiger partial charge in [0.1, 0.15) is 30.2 Å². The second kappa shape index (κ2) is 15.8. The molecule has 1 heterocycles. The number of nitrogens with two attached hydrogens (primary N) is 2. The average Bonchev–Trinajstić information content (AvgIpc) is 2.84. The van der Waals surface area contributed by atoms with Crippen molar-refractivity contribution in [2.24, 2.45) is 22.4 Å². The number of rotatable bonds is 10. The quantitative estimate of drug-likeness (QED) is 0.0705. The molecule has 224 valence electrons. The number of nitrogens with zero attached hydrogens (tertiary/aromatic N) is 1. The summed E-state index contributed by atoms with van der Waals surface area (Å²) >= 11 is 0. The Hall–Kier alpha value is -4.44. The fourth-order valence-electron chi connectivity index (χ4n) is 3.69. The Morgan fingerprint density at radius 1 is 0.775 bits per heavy atom. The van der Waals surface area contributed by atoms with Gasteiger partial charge < -0.3 is 48.3 Å². The van der Waals surface area contributed by atoms with Crippen molar-refractivity contribution in [3.05, 3.63) is 0 Å². The Bertz CT molecular complexity index is 1010. The van der Waals surface area contributed by atoms with Crippen LogP contribution in [0.2, 0.25) is 0 Å². The van der Waals surface area contributed by atoms with Gasteiger partial charge in [0, 0.05) is 13.0 Å². The minimum Gasteiger partial charge on any atom is -0.481 e. The summed E-state index contributed by atoms with van der Waals surface area (Å²) in [6.07, 6.45) is -1.45. The smallest absolute Gasteiger partial charge is 0.305 e. The molecule has 17 nitrogen and oxygen atoms in total. The minimum absolute atomic E-state index is 0.00152. The molecule has 0 aromatic carbocycles. The third-order valence-electron chi connectivity index (χ3n) is 5.87. The molecule has 0 aromatic rings. The first-order valence-electron chi connectivity index (χ1n) is 12.6. The Morgan fingerprint density at radius 2 is 1.30 bits per heavy atom. The summed E-state index contributed by atoms with van der Waals surface area (Å²) in [7, 11) is 0. The monoisotopic (exact) mass is 570 g/mol. The van der Waals surface area contributed by atoms with Gasteiger partial charge in [-0.15, -0.1) is 0 Å². The molecule has 0 spiro atoms. The highest BCUT2D eigenvalue weighted by molar-refractivity contribution is 5.98. The molecule has 5 amide bonds. The van der Waals surface area contributed by atoms with Crippen LogP contribution in [0.4, 0.5) is 0 Å². The van der Waals surface area contributed by atoms with Crippen LogP contribution >= 0.6 is 0 Å². The first-order valence-corrected chi connectivity index (χ1v) is 12.6. The number of hydrogen-bond acceptors (Lipinski definition) is 8. The van der Waals surface area contributed by atoms with E-state index in [1.54, 1.807) is 13.8 Å². The zero-order chi connectivity index (χ0) is 30.6. The van der Waals surface area contributed by atoms with E-state index in [0.717, 1.165) is 0 Å². The minimum atomic E-state index is -1.60. The maximum atomic E-state index is 13.3. The molecule has 0 unspecified atom stereocenters. The standard InChI is InChI=1S/C23H38N8O9/c1-10(2)17-22(40)30-14(9-16(34)35)21(39)27-11(3)18(36)28-13(6-7-15(32)33)19(37)29-12(20(38)31-17)5-4-8-26-23(24)25/h10-14,17H,4-9H2,1-3H3,(H,27,39)(H,28,36)(H,29,37)(H,30,40)(H,31,38)(H,32,33)(H,34,35)(H4,24,25,26)/t11-,12-,13-,14-,17-/m0/s1. The number of amides is 5. The average molecular weight is 571 g/mol. The van der Waals surface area contributed by atoms with Crippen molar-refractivity contribution in [1.82, 2.24) is 26.6 Å². The lowest BCUT2D eigenvalue weighted by Gasteiger charge is -2.27. The lowest BCUT2D eigenvalue weighted by atomic mass is 10.0. The third-order valence-corrected chi connectivity index (χ3v) is 5.87. The summed E-state index contributed by atoms with van der Waals surface area (Å²) in [5.74, 6) is -7.78. The highest BCUT2D eigenvalue weighted by Crippen LogP contribution is 2.09. The summed E-state index contributed by atoms with van der Waals surface area (Å²) in [6, 6.07) is -6.80. The van der Waals surface area contributed by atoms with E-state index in [1.165, 1.54) is 6.92 Å². The van der Waals surface area contributed by atoms with Gasteiger partial charge in [0.25, 0.3) is 0 Å². The van der Waals surface area contributed by atoms with Crippen LogP contribution in [-0.2, 0) is 33.6 Å². The lowest BCUT2D eigenvalue weighted by molar-refractivity contribution is -0.141. The van der Waals surface area contributed by atoms with Gasteiger partial charge in [-0.25, -0.2) is 0 Å². The van der Waals surface area contributed by atoms with Crippen LogP contribution in [0.1, 0.15) is 52.9 Å². The van der Waals surface area contributed by atoms with Gasteiger partial charge >= 0.3 is 11.9 Å². The molecular weight excluding hydrogens is 532 g/mol. The summed E-state index contributed by atoms with van der Waals surface area (Å²) in [5, 5.41) is 30.3. The van der Waals surface area contributed by atoms with Crippen molar-refractivity contribution in [1.29, 1.82) is 0 Å². The van der Waals surface area contributed by atoms with E-state index in [0.29, 0.717) is 0 Å². The molecule has 40 heavy (non-hydrogen) atoms. The van der Waals surface area contributed by atoms with Crippen LogP contribution < -0.4 is 38.1 Å². The lowest BCUT2D eigenvalue weighted by Crippen LogP contribution is -2.59. The second-order valence-corrected chi connectivity index (χ2v) is 9.62. The zero-order valence-electron chi connectivity index (χ0n) is 22.6. The molecule has 1 fully saturated rings. The maximum Gasteiger partial charge on any atom is 0.305 e.